The highest BCUT2D eigenvalue weighted by Crippen LogP contribution is 2.31. The summed E-state index contributed by atoms with van der Waals surface area (Å²) in [4.78, 5) is 23.4. The van der Waals surface area contributed by atoms with E-state index >= 15 is 0 Å². The van der Waals surface area contributed by atoms with Crippen molar-refractivity contribution in [3.8, 4) is 0 Å². The van der Waals surface area contributed by atoms with Crippen molar-refractivity contribution in [1.29, 1.82) is 0 Å². The maximum atomic E-state index is 12.6. The number of hydrogen-bond acceptors (Lipinski definition) is 5. The van der Waals surface area contributed by atoms with Crippen LogP contribution >= 0.6 is 0 Å². The Morgan fingerprint density at radius 3 is 2.88 bits per heavy atom. The number of rotatable bonds is 7. The molecule has 3 rings (SSSR count). The second-order valence-corrected chi connectivity index (χ2v) is 6.17. The molecule has 0 aliphatic heterocycles. The molecule has 0 spiro atoms. The van der Waals surface area contributed by atoms with Crippen LogP contribution in [0.15, 0.2) is 42.5 Å². The number of nitrogens with one attached hydrogen (secondary N) is 2. The zero-order valence-electron chi connectivity index (χ0n) is 14.5. The van der Waals surface area contributed by atoms with E-state index in [1.165, 1.54) is 11.6 Å². The number of ether oxygens (including phenoxy) is 1. The van der Waals surface area contributed by atoms with Crippen LogP contribution < -0.4 is 10.6 Å². The second-order valence-electron chi connectivity index (χ2n) is 6.17. The van der Waals surface area contributed by atoms with Gasteiger partial charge in [-0.05, 0) is 36.1 Å². The number of hydrogen-bond donors (Lipinski definition) is 2. The van der Waals surface area contributed by atoms with Crippen LogP contribution in [-0.4, -0.2) is 31.1 Å². The summed E-state index contributed by atoms with van der Waals surface area (Å²) in [6.07, 6.45) is 1.76. The average molecular weight is 355 g/mol. The fourth-order valence-electron chi connectivity index (χ4n) is 3.21. The number of carbonyl (C=O) groups is 1. The van der Waals surface area contributed by atoms with Crippen LogP contribution in [0.3, 0.4) is 0 Å². The van der Waals surface area contributed by atoms with Crippen LogP contribution in [0.1, 0.15) is 33.9 Å². The molecule has 0 bridgehead atoms. The van der Waals surface area contributed by atoms with Crippen molar-refractivity contribution in [2.75, 3.05) is 25.6 Å². The fourth-order valence-corrected chi connectivity index (χ4v) is 3.21. The zero-order valence-corrected chi connectivity index (χ0v) is 14.5. The second kappa shape index (κ2) is 7.97. The Kier molecular flexibility index (Phi) is 5.48. The minimum atomic E-state index is -0.489. The first kappa shape index (κ1) is 17.9. The van der Waals surface area contributed by atoms with Gasteiger partial charge in [0.25, 0.3) is 11.6 Å². The van der Waals surface area contributed by atoms with Gasteiger partial charge in [0.2, 0.25) is 0 Å². The molecule has 7 heteroatoms. The molecule has 1 atom stereocenters. The number of nitro groups is 1. The highest BCUT2D eigenvalue weighted by Gasteiger charge is 2.25. The Morgan fingerprint density at radius 2 is 2.12 bits per heavy atom. The number of fused-ring (bicyclic) bond motifs is 1. The van der Waals surface area contributed by atoms with Gasteiger partial charge in [-0.1, -0.05) is 24.3 Å². The molecule has 0 saturated heterocycles. The zero-order chi connectivity index (χ0) is 18.5. The van der Waals surface area contributed by atoms with Crippen LogP contribution in [0.2, 0.25) is 0 Å². The molecule has 0 aromatic heterocycles. The molecular weight excluding hydrogens is 334 g/mol. The lowest BCUT2D eigenvalue weighted by Gasteiger charge is -2.14. The summed E-state index contributed by atoms with van der Waals surface area (Å²) >= 11 is 0. The molecule has 1 aliphatic carbocycles. The van der Waals surface area contributed by atoms with Gasteiger partial charge in [-0.15, -0.1) is 0 Å². The smallest absolute Gasteiger partial charge is 0.293 e. The van der Waals surface area contributed by atoms with Crippen LogP contribution in [0.4, 0.5) is 11.4 Å². The molecule has 7 nitrogen and oxygen atoms in total. The predicted octanol–water partition coefficient (Wildman–Crippen LogP) is 3.07. The molecular formula is C19H21N3O4. The number of nitro benzene ring substituents is 1. The highest BCUT2D eigenvalue weighted by molar-refractivity contribution is 5.96. The van der Waals surface area contributed by atoms with E-state index in [1.54, 1.807) is 19.2 Å². The summed E-state index contributed by atoms with van der Waals surface area (Å²) in [5.74, 6) is -0.307. The van der Waals surface area contributed by atoms with E-state index in [2.05, 4.69) is 16.7 Å². The number of anilines is 1. The topological polar surface area (TPSA) is 93.5 Å². The van der Waals surface area contributed by atoms with Gasteiger partial charge >= 0.3 is 0 Å². The minimum absolute atomic E-state index is 0.0581. The summed E-state index contributed by atoms with van der Waals surface area (Å²) in [5.41, 5.74) is 2.88. The van der Waals surface area contributed by atoms with Crippen molar-refractivity contribution < 1.29 is 14.5 Å². The molecule has 136 valence electrons. The molecule has 26 heavy (non-hydrogen) atoms. The minimum Gasteiger partial charge on any atom is -0.383 e. The molecule has 0 heterocycles. The number of methoxy groups -OCH3 is 1. The summed E-state index contributed by atoms with van der Waals surface area (Å²) in [7, 11) is 1.56. The Balaban J connectivity index is 1.75. The first-order valence-corrected chi connectivity index (χ1v) is 8.50. The fraction of sp³-hybridized carbons (Fsp3) is 0.316. The maximum Gasteiger partial charge on any atom is 0.293 e. The molecule has 2 N–H and O–H groups in total. The van der Waals surface area contributed by atoms with Crippen molar-refractivity contribution >= 4 is 17.3 Å². The summed E-state index contributed by atoms with van der Waals surface area (Å²) in [6, 6.07) is 12.4. The summed E-state index contributed by atoms with van der Waals surface area (Å²) in [5, 5.41) is 17.3. The normalized spacial score (nSPS) is 15.3. The Morgan fingerprint density at radius 1 is 1.31 bits per heavy atom. The lowest BCUT2D eigenvalue weighted by Crippen LogP contribution is -2.27. The molecule has 1 unspecified atom stereocenters. The third-order valence-electron chi connectivity index (χ3n) is 4.52. The Bertz CT molecular complexity index is 822. The molecule has 1 aliphatic rings. The molecule has 0 radical (unpaired) electrons. The van der Waals surface area contributed by atoms with Crippen LogP contribution in [-0.2, 0) is 11.2 Å². The van der Waals surface area contributed by atoms with E-state index in [0.717, 1.165) is 18.4 Å². The number of amides is 1. The Hall–Kier alpha value is -2.93. The first-order chi connectivity index (χ1) is 12.6. The largest absolute Gasteiger partial charge is 0.383 e. The number of benzene rings is 2. The van der Waals surface area contributed by atoms with Gasteiger partial charge in [0.05, 0.1) is 17.6 Å². The van der Waals surface area contributed by atoms with Crippen molar-refractivity contribution in [3.05, 3.63) is 69.3 Å². The monoisotopic (exact) mass is 355 g/mol. The van der Waals surface area contributed by atoms with E-state index in [0.29, 0.717) is 18.8 Å². The maximum absolute atomic E-state index is 12.6. The predicted molar refractivity (Wildman–Crippen MR) is 98.4 cm³/mol. The average Bonchev–Trinajstić information content (AvgIpc) is 3.05. The van der Waals surface area contributed by atoms with Crippen molar-refractivity contribution in [3.63, 3.8) is 0 Å². The number of nitrogens with zero attached hydrogens (tertiary/aromatic N) is 1. The quantitative estimate of drug-likeness (QED) is 0.452. The highest BCUT2D eigenvalue weighted by atomic mass is 16.6. The third kappa shape index (κ3) is 3.83. The van der Waals surface area contributed by atoms with Crippen molar-refractivity contribution in [2.24, 2.45) is 0 Å². The van der Waals surface area contributed by atoms with Crippen LogP contribution in [0.5, 0.6) is 0 Å². The first-order valence-electron chi connectivity index (χ1n) is 8.50. The molecule has 0 fully saturated rings. The number of aryl methyl sites for hydroxylation is 1. The van der Waals surface area contributed by atoms with E-state index in [-0.39, 0.29) is 23.2 Å². The van der Waals surface area contributed by atoms with Gasteiger partial charge < -0.3 is 15.4 Å². The van der Waals surface area contributed by atoms with E-state index in [4.69, 9.17) is 4.74 Å². The molecule has 2 aromatic rings. The molecule has 2 aromatic carbocycles. The lowest BCUT2D eigenvalue weighted by molar-refractivity contribution is -0.384. The van der Waals surface area contributed by atoms with Crippen molar-refractivity contribution in [2.45, 2.75) is 18.9 Å². The SMILES string of the molecule is COCCNc1ccc(C(=O)NC2CCc3ccccc32)cc1[N+](=O)[O-]. The Labute approximate surface area is 151 Å². The number of carbonyl (C=O) groups excluding carboxylic acids is 1. The van der Waals surface area contributed by atoms with Crippen LogP contribution in [0, 0.1) is 10.1 Å². The van der Waals surface area contributed by atoms with Gasteiger partial charge in [-0.25, -0.2) is 0 Å². The third-order valence-corrected chi connectivity index (χ3v) is 4.52. The standard InChI is InChI=1S/C19H21N3O4/c1-26-11-10-20-17-9-7-14(12-18(17)22(24)25)19(23)21-16-8-6-13-4-2-3-5-15(13)16/h2-5,7,9,12,16,20H,6,8,10-11H2,1H3,(H,21,23). The lowest BCUT2D eigenvalue weighted by atomic mass is 10.1. The van der Waals surface area contributed by atoms with Gasteiger partial charge in [-0.3, -0.25) is 14.9 Å². The van der Waals surface area contributed by atoms with Gasteiger partial charge in [-0.2, -0.15) is 0 Å². The molecule has 0 saturated carbocycles. The van der Waals surface area contributed by atoms with Gasteiger partial charge in [0.1, 0.15) is 5.69 Å². The van der Waals surface area contributed by atoms with Crippen molar-refractivity contribution in [1.82, 2.24) is 5.32 Å². The molecule has 1 amide bonds. The summed E-state index contributed by atoms with van der Waals surface area (Å²) < 4.78 is 4.93. The van der Waals surface area contributed by atoms with Crippen LogP contribution in [0.25, 0.3) is 0 Å². The van der Waals surface area contributed by atoms with Gasteiger partial charge in [0, 0.05) is 25.3 Å². The van der Waals surface area contributed by atoms with E-state index < -0.39 is 4.92 Å². The van der Waals surface area contributed by atoms with E-state index in [1.807, 2.05) is 18.2 Å². The summed E-state index contributed by atoms with van der Waals surface area (Å²) in [6.45, 7) is 0.877. The van der Waals surface area contributed by atoms with Gasteiger partial charge in [0.15, 0.2) is 0 Å². The van der Waals surface area contributed by atoms with E-state index in [9.17, 15) is 14.9 Å².